The lowest BCUT2D eigenvalue weighted by Crippen LogP contribution is -2.45. The van der Waals surface area contributed by atoms with Crippen LogP contribution in [-0.2, 0) is 20.8 Å². The van der Waals surface area contributed by atoms with Crippen LogP contribution in [0.5, 0.6) is 0 Å². The van der Waals surface area contributed by atoms with E-state index in [0.29, 0.717) is 17.8 Å². The van der Waals surface area contributed by atoms with Gasteiger partial charge in [0.2, 0.25) is 0 Å². The number of anilines is 1. The third kappa shape index (κ3) is 7.57. The average Bonchev–Trinajstić information content (AvgIpc) is 2.74. The van der Waals surface area contributed by atoms with Gasteiger partial charge in [-0.15, -0.1) is 11.6 Å². The van der Waals surface area contributed by atoms with Crippen molar-refractivity contribution in [3.8, 4) is 0 Å². The second kappa shape index (κ2) is 11.5. The number of aliphatic imine (C=N–C) groups is 1. The predicted molar refractivity (Wildman–Crippen MR) is 122 cm³/mol. The molecule has 0 spiro atoms. The molecule has 0 heterocycles. The van der Waals surface area contributed by atoms with Gasteiger partial charge in [-0.3, -0.25) is 14.9 Å². The minimum absolute atomic E-state index is 0.247. The van der Waals surface area contributed by atoms with Gasteiger partial charge in [0.1, 0.15) is 5.56 Å². The first kappa shape index (κ1) is 29.1. The van der Waals surface area contributed by atoms with Gasteiger partial charge in [0.15, 0.2) is 15.4 Å². The maximum atomic E-state index is 13.1. The van der Waals surface area contributed by atoms with Crippen LogP contribution in [0.3, 0.4) is 0 Å². The monoisotopic (exact) mass is 539 g/mol. The number of thiocarbonyl (C=S) groups is 1. The summed E-state index contributed by atoms with van der Waals surface area (Å²) in [5, 5.41) is 25.2. The molecule has 2 aromatic rings. The number of sulfone groups is 1. The van der Waals surface area contributed by atoms with Gasteiger partial charge < -0.3 is 10.4 Å². The highest BCUT2D eigenvalue weighted by molar-refractivity contribution is 7.91. The van der Waals surface area contributed by atoms with E-state index >= 15 is 0 Å². The SMILES string of the molecule is CCl.C[C@@](O)(CS(=O)(=O)c1ccc(N=C=S)cc1)C(=O)Nc1ccc([N+](=O)[O-])c(C(F)(F)F)c1. The molecule has 0 unspecified atom stereocenters. The fourth-order valence-corrected chi connectivity index (χ4v) is 4.26. The van der Waals surface area contributed by atoms with Gasteiger partial charge in [-0.25, -0.2) is 8.42 Å². The van der Waals surface area contributed by atoms with Gasteiger partial charge in [0.05, 0.1) is 26.4 Å². The van der Waals surface area contributed by atoms with E-state index in [2.05, 4.69) is 34.0 Å². The van der Waals surface area contributed by atoms with Crippen LogP contribution in [0.15, 0.2) is 52.4 Å². The number of rotatable bonds is 7. The Bertz CT molecular complexity index is 1210. The van der Waals surface area contributed by atoms with Crippen molar-refractivity contribution >= 4 is 61.8 Å². The van der Waals surface area contributed by atoms with Gasteiger partial charge in [-0.05, 0) is 55.5 Å². The van der Waals surface area contributed by atoms with Crippen molar-refractivity contribution in [1.82, 2.24) is 0 Å². The topological polar surface area (TPSA) is 139 Å². The van der Waals surface area contributed by atoms with E-state index in [1.54, 1.807) is 0 Å². The zero-order valence-electron chi connectivity index (χ0n) is 17.5. The van der Waals surface area contributed by atoms with Crippen molar-refractivity contribution < 1.29 is 36.4 Å². The van der Waals surface area contributed by atoms with Crippen LogP contribution in [0, 0.1) is 10.1 Å². The van der Waals surface area contributed by atoms with Crippen LogP contribution < -0.4 is 5.32 Å². The average molecular weight is 540 g/mol. The number of hydrogen-bond acceptors (Lipinski definition) is 8. The number of nitrogens with zero attached hydrogens (tertiary/aromatic N) is 2. The Kier molecular flexibility index (Phi) is 9.84. The Hall–Kier alpha value is -2.90. The lowest BCUT2D eigenvalue weighted by atomic mass is 10.1. The van der Waals surface area contributed by atoms with Gasteiger partial charge >= 0.3 is 6.18 Å². The first-order chi connectivity index (χ1) is 15.7. The molecule has 0 aromatic heterocycles. The molecule has 2 aromatic carbocycles. The Morgan fingerprint density at radius 3 is 2.26 bits per heavy atom. The molecule has 2 N–H and O–H groups in total. The number of alkyl halides is 4. The molecule has 0 aliphatic rings. The number of halogens is 4. The van der Waals surface area contributed by atoms with E-state index in [9.17, 15) is 41.6 Å². The van der Waals surface area contributed by atoms with E-state index in [1.165, 1.54) is 30.6 Å². The molecule has 0 aliphatic heterocycles. The molecule has 15 heteroatoms. The molecule has 34 heavy (non-hydrogen) atoms. The lowest BCUT2D eigenvalue weighted by Gasteiger charge is -2.22. The van der Waals surface area contributed by atoms with E-state index in [4.69, 9.17) is 0 Å². The molecule has 0 radical (unpaired) electrons. The van der Waals surface area contributed by atoms with E-state index in [1.807, 2.05) is 5.32 Å². The summed E-state index contributed by atoms with van der Waals surface area (Å²) in [5.41, 5.74) is -5.60. The fourth-order valence-electron chi connectivity index (χ4n) is 2.57. The smallest absolute Gasteiger partial charge is 0.379 e. The van der Waals surface area contributed by atoms with Crippen molar-refractivity contribution in [3.05, 3.63) is 58.1 Å². The summed E-state index contributed by atoms with van der Waals surface area (Å²) in [4.78, 5) is 25.4. The third-order valence-corrected chi connectivity index (χ3v) is 6.11. The van der Waals surface area contributed by atoms with Crippen molar-refractivity contribution in [1.29, 1.82) is 0 Å². The number of isothiocyanates is 1. The molecule has 0 bridgehead atoms. The van der Waals surface area contributed by atoms with Crippen LogP contribution in [0.25, 0.3) is 0 Å². The molecular weight excluding hydrogens is 523 g/mol. The fraction of sp³-hybridized carbons (Fsp3) is 0.263. The largest absolute Gasteiger partial charge is 0.423 e. The summed E-state index contributed by atoms with van der Waals surface area (Å²) in [6.45, 7) is 0.862. The van der Waals surface area contributed by atoms with E-state index in [-0.39, 0.29) is 4.90 Å². The number of carbonyl (C=O) groups excluding carboxylic acids is 1. The van der Waals surface area contributed by atoms with Crippen LogP contribution in [-0.4, -0.2) is 47.3 Å². The van der Waals surface area contributed by atoms with Crippen molar-refractivity contribution in [2.45, 2.75) is 23.6 Å². The number of amides is 1. The summed E-state index contributed by atoms with van der Waals surface area (Å²) in [6.07, 6.45) is -3.62. The van der Waals surface area contributed by atoms with Crippen LogP contribution in [0.1, 0.15) is 12.5 Å². The Labute approximate surface area is 202 Å². The van der Waals surface area contributed by atoms with Gasteiger partial charge in [0.25, 0.3) is 11.6 Å². The minimum atomic E-state index is -5.09. The molecule has 184 valence electrons. The maximum absolute atomic E-state index is 13.1. The minimum Gasteiger partial charge on any atom is -0.379 e. The number of benzene rings is 2. The Morgan fingerprint density at radius 2 is 1.79 bits per heavy atom. The summed E-state index contributed by atoms with van der Waals surface area (Å²) in [7, 11) is -4.20. The summed E-state index contributed by atoms with van der Waals surface area (Å²) < 4.78 is 64.4. The van der Waals surface area contributed by atoms with Gasteiger partial charge in [0, 0.05) is 18.1 Å². The van der Waals surface area contributed by atoms with Crippen LogP contribution >= 0.6 is 23.8 Å². The van der Waals surface area contributed by atoms with Crippen LogP contribution in [0.4, 0.5) is 30.2 Å². The number of hydrogen-bond donors (Lipinski definition) is 2. The zero-order valence-corrected chi connectivity index (χ0v) is 19.8. The molecule has 0 saturated carbocycles. The summed E-state index contributed by atoms with van der Waals surface area (Å²) in [5.74, 6) is -2.43. The number of nitrogens with one attached hydrogen (secondary N) is 1. The first-order valence-corrected chi connectivity index (χ1v) is 11.7. The van der Waals surface area contributed by atoms with E-state index < -0.39 is 55.1 Å². The van der Waals surface area contributed by atoms with Gasteiger partial charge in [-0.2, -0.15) is 18.2 Å². The highest BCUT2D eigenvalue weighted by Gasteiger charge is 2.40. The quantitative estimate of drug-likeness (QED) is 0.175. The van der Waals surface area contributed by atoms with Crippen molar-refractivity contribution in [3.63, 3.8) is 0 Å². The summed E-state index contributed by atoms with van der Waals surface area (Å²) >= 11 is 9.07. The molecule has 0 fully saturated rings. The van der Waals surface area contributed by atoms with Crippen LogP contribution in [0.2, 0.25) is 0 Å². The standard InChI is InChI=1S/C18H14F3N3O6S2.CH3Cl/c1-17(26,9-32(29,30)13-5-2-11(3-6-13)22-10-31)16(25)23-12-4-7-15(24(27)28)14(8-12)18(19,20)21;1-2/h2-8,26H,9H2,1H3,(H,23,25);1H3/t17-;/m1./s1. The lowest BCUT2D eigenvalue weighted by molar-refractivity contribution is -0.388. The molecule has 0 saturated heterocycles. The Morgan fingerprint density at radius 1 is 1.24 bits per heavy atom. The molecule has 0 aliphatic carbocycles. The summed E-state index contributed by atoms with van der Waals surface area (Å²) in [6, 6.07) is 6.64. The Balaban J connectivity index is 0.00000281. The molecule has 2 rings (SSSR count). The highest BCUT2D eigenvalue weighted by atomic mass is 35.5. The number of nitro groups is 1. The number of aliphatic hydroxyl groups is 1. The molecular formula is C19H17ClF3N3O6S2. The number of carbonyl (C=O) groups is 1. The first-order valence-electron chi connectivity index (χ1n) is 8.85. The number of nitro benzene ring substituents is 1. The zero-order chi connectivity index (χ0) is 26.3. The second-order valence-corrected chi connectivity index (χ2v) is 8.84. The van der Waals surface area contributed by atoms with Crippen molar-refractivity contribution in [2.24, 2.45) is 4.99 Å². The normalized spacial score (nSPS) is 12.9. The van der Waals surface area contributed by atoms with E-state index in [0.717, 1.165) is 13.0 Å². The van der Waals surface area contributed by atoms with Crippen molar-refractivity contribution in [2.75, 3.05) is 17.5 Å². The third-order valence-electron chi connectivity index (χ3n) is 4.09. The predicted octanol–water partition coefficient (Wildman–Crippen LogP) is 4.37. The van der Waals surface area contributed by atoms with Gasteiger partial charge in [-0.1, -0.05) is 0 Å². The molecule has 9 nitrogen and oxygen atoms in total. The maximum Gasteiger partial charge on any atom is 0.423 e. The second-order valence-electron chi connectivity index (χ2n) is 6.67. The highest BCUT2D eigenvalue weighted by Crippen LogP contribution is 2.37. The molecule has 1 amide bonds. The molecule has 1 atom stereocenters.